The first-order chi connectivity index (χ1) is 9.24. The SMILES string of the molecule is COc1ccc(C#CCO)c(Cn2ccnc2C)c1. The molecule has 2 aromatic rings. The summed E-state index contributed by atoms with van der Waals surface area (Å²) < 4.78 is 7.28. The fourth-order valence-electron chi connectivity index (χ4n) is 1.84. The van der Waals surface area contributed by atoms with Crippen LogP contribution in [0.1, 0.15) is 17.0 Å². The fourth-order valence-corrected chi connectivity index (χ4v) is 1.84. The van der Waals surface area contributed by atoms with Crippen LogP contribution >= 0.6 is 0 Å². The number of hydrogen-bond donors (Lipinski definition) is 1. The van der Waals surface area contributed by atoms with Crippen LogP contribution in [0.25, 0.3) is 0 Å². The van der Waals surface area contributed by atoms with Gasteiger partial charge in [0.05, 0.1) is 13.7 Å². The molecule has 98 valence electrons. The molecule has 1 heterocycles. The number of methoxy groups -OCH3 is 1. The second-order valence-corrected chi connectivity index (χ2v) is 4.09. The minimum absolute atomic E-state index is 0.143. The highest BCUT2D eigenvalue weighted by Crippen LogP contribution is 2.18. The maximum atomic E-state index is 8.81. The maximum Gasteiger partial charge on any atom is 0.119 e. The molecule has 0 radical (unpaired) electrons. The Hall–Kier alpha value is -2.25. The van der Waals surface area contributed by atoms with Crippen LogP contribution in [0.4, 0.5) is 0 Å². The van der Waals surface area contributed by atoms with Crippen molar-refractivity contribution in [2.75, 3.05) is 13.7 Å². The van der Waals surface area contributed by atoms with Crippen LogP contribution in [0.5, 0.6) is 5.75 Å². The average Bonchev–Trinajstić information content (AvgIpc) is 2.83. The maximum absolute atomic E-state index is 8.81. The number of aliphatic hydroxyl groups excluding tert-OH is 1. The van der Waals surface area contributed by atoms with Gasteiger partial charge in [0.15, 0.2) is 0 Å². The number of aryl methyl sites for hydroxylation is 1. The highest BCUT2D eigenvalue weighted by molar-refractivity contribution is 5.45. The van der Waals surface area contributed by atoms with Crippen molar-refractivity contribution in [2.24, 2.45) is 0 Å². The number of rotatable bonds is 3. The van der Waals surface area contributed by atoms with Crippen LogP contribution in [0.3, 0.4) is 0 Å². The summed E-state index contributed by atoms with van der Waals surface area (Å²) in [5.74, 6) is 7.38. The van der Waals surface area contributed by atoms with Crippen molar-refractivity contribution in [1.29, 1.82) is 0 Å². The van der Waals surface area contributed by atoms with Crippen LogP contribution in [-0.4, -0.2) is 28.4 Å². The lowest BCUT2D eigenvalue weighted by Gasteiger charge is -2.09. The second-order valence-electron chi connectivity index (χ2n) is 4.09. The van der Waals surface area contributed by atoms with E-state index in [0.29, 0.717) is 6.54 Å². The summed E-state index contributed by atoms with van der Waals surface area (Å²) in [4.78, 5) is 4.20. The van der Waals surface area contributed by atoms with Gasteiger partial charge in [-0.3, -0.25) is 0 Å². The van der Waals surface area contributed by atoms with E-state index in [9.17, 15) is 0 Å². The molecule has 1 N–H and O–H groups in total. The smallest absolute Gasteiger partial charge is 0.119 e. The summed E-state index contributed by atoms with van der Waals surface area (Å²) in [5, 5.41) is 8.81. The molecule has 4 nitrogen and oxygen atoms in total. The predicted octanol–water partition coefficient (Wildman–Crippen LogP) is 1.59. The highest BCUT2D eigenvalue weighted by atomic mass is 16.5. The molecule has 0 spiro atoms. The first kappa shape index (κ1) is 13.2. The van der Waals surface area contributed by atoms with Gasteiger partial charge in [0, 0.05) is 18.0 Å². The Morgan fingerprint density at radius 1 is 1.42 bits per heavy atom. The van der Waals surface area contributed by atoms with Crippen LogP contribution in [0.15, 0.2) is 30.6 Å². The van der Waals surface area contributed by atoms with E-state index in [0.717, 1.165) is 22.7 Å². The average molecular weight is 256 g/mol. The van der Waals surface area contributed by atoms with E-state index >= 15 is 0 Å². The molecule has 0 unspecified atom stereocenters. The monoisotopic (exact) mass is 256 g/mol. The van der Waals surface area contributed by atoms with Gasteiger partial charge in [0.2, 0.25) is 0 Å². The quantitative estimate of drug-likeness (QED) is 0.848. The van der Waals surface area contributed by atoms with Crippen LogP contribution in [0, 0.1) is 18.8 Å². The Kier molecular flexibility index (Phi) is 4.22. The molecular weight excluding hydrogens is 240 g/mol. The van der Waals surface area contributed by atoms with Crippen molar-refractivity contribution < 1.29 is 9.84 Å². The lowest BCUT2D eigenvalue weighted by Crippen LogP contribution is -2.03. The van der Waals surface area contributed by atoms with Crippen molar-refractivity contribution in [1.82, 2.24) is 9.55 Å². The molecule has 0 bridgehead atoms. The predicted molar refractivity (Wildman–Crippen MR) is 73.0 cm³/mol. The summed E-state index contributed by atoms with van der Waals surface area (Å²) in [6.45, 7) is 2.49. The lowest BCUT2D eigenvalue weighted by atomic mass is 10.1. The molecule has 0 aliphatic carbocycles. The minimum Gasteiger partial charge on any atom is -0.497 e. The summed E-state index contributed by atoms with van der Waals surface area (Å²) in [6.07, 6.45) is 3.70. The standard InChI is InChI=1S/C15H16N2O2/c1-12-16-7-8-17(12)11-14-10-15(19-2)6-5-13(14)4-3-9-18/h5-8,10,18H,9,11H2,1-2H3. The number of aromatic nitrogens is 2. The van der Waals surface area contributed by atoms with E-state index in [1.165, 1.54) is 0 Å². The van der Waals surface area contributed by atoms with Crippen LogP contribution < -0.4 is 4.74 Å². The summed E-state index contributed by atoms with van der Waals surface area (Å²) in [5.41, 5.74) is 1.93. The molecule has 0 fully saturated rings. The largest absolute Gasteiger partial charge is 0.497 e. The Bertz CT molecular complexity index is 621. The molecule has 0 saturated heterocycles. The molecule has 1 aromatic heterocycles. The van der Waals surface area contributed by atoms with Crippen LogP contribution in [-0.2, 0) is 6.54 Å². The van der Waals surface area contributed by atoms with Crippen molar-refractivity contribution in [3.8, 4) is 17.6 Å². The van der Waals surface area contributed by atoms with E-state index in [1.807, 2.05) is 35.9 Å². The van der Waals surface area contributed by atoms with Gasteiger partial charge >= 0.3 is 0 Å². The van der Waals surface area contributed by atoms with Crippen molar-refractivity contribution in [3.63, 3.8) is 0 Å². The first-order valence-corrected chi connectivity index (χ1v) is 5.99. The number of nitrogens with zero attached hydrogens (tertiary/aromatic N) is 2. The minimum atomic E-state index is -0.143. The molecule has 4 heteroatoms. The lowest BCUT2D eigenvalue weighted by molar-refractivity contribution is 0.350. The van der Waals surface area contributed by atoms with Crippen molar-refractivity contribution in [2.45, 2.75) is 13.5 Å². The Morgan fingerprint density at radius 2 is 2.26 bits per heavy atom. The molecule has 2 rings (SSSR count). The Balaban J connectivity index is 2.37. The Labute approximate surface area is 112 Å². The van der Waals surface area contributed by atoms with Crippen molar-refractivity contribution in [3.05, 3.63) is 47.5 Å². The molecule has 19 heavy (non-hydrogen) atoms. The van der Waals surface area contributed by atoms with E-state index in [-0.39, 0.29) is 6.61 Å². The van der Waals surface area contributed by atoms with E-state index in [4.69, 9.17) is 9.84 Å². The summed E-state index contributed by atoms with van der Waals surface area (Å²) in [6, 6.07) is 5.73. The van der Waals surface area contributed by atoms with E-state index in [1.54, 1.807) is 13.3 Å². The van der Waals surface area contributed by atoms with Gasteiger partial charge in [-0.25, -0.2) is 4.98 Å². The number of hydrogen-bond acceptors (Lipinski definition) is 3. The summed E-state index contributed by atoms with van der Waals surface area (Å²) in [7, 11) is 1.64. The van der Waals surface area contributed by atoms with Gasteiger partial charge in [0.25, 0.3) is 0 Å². The second kappa shape index (κ2) is 6.07. The highest BCUT2D eigenvalue weighted by Gasteiger charge is 2.05. The Morgan fingerprint density at radius 3 is 2.89 bits per heavy atom. The zero-order valence-corrected chi connectivity index (χ0v) is 11.1. The number of ether oxygens (including phenoxy) is 1. The topological polar surface area (TPSA) is 47.3 Å². The molecule has 0 aliphatic rings. The number of benzene rings is 1. The van der Waals surface area contributed by atoms with E-state index < -0.39 is 0 Å². The third-order valence-corrected chi connectivity index (χ3v) is 2.88. The van der Waals surface area contributed by atoms with Gasteiger partial charge in [-0.2, -0.15) is 0 Å². The molecule has 0 aliphatic heterocycles. The molecule has 0 atom stereocenters. The third-order valence-electron chi connectivity index (χ3n) is 2.88. The number of aliphatic hydroxyl groups is 1. The first-order valence-electron chi connectivity index (χ1n) is 5.99. The zero-order chi connectivity index (χ0) is 13.7. The molecular formula is C15H16N2O2. The molecule has 0 amide bonds. The van der Waals surface area contributed by atoms with Crippen molar-refractivity contribution >= 4 is 0 Å². The van der Waals surface area contributed by atoms with E-state index in [2.05, 4.69) is 16.8 Å². The molecule has 0 saturated carbocycles. The van der Waals surface area contributed by atoms with Gasteiger partial charge in [-0.1, -0.05) is 11.8 Å². The summed E-state index contributed by atoms with van der Waals surface area (Å²) >= 11 is 0. The van der Waals surface area contributed by atoms with Gasteiger partial charge in [-0.15, -0.1) is 0 Å². The fraction of sp³-hybridized carbons (Fsp3) is 0.267. The number of imidazole rings is 1. The van der Waals surface area contributed by atoms with Gasteiger partial charge < -0.3 is 14.4 Å². The van der Waals surface area contributed by atoms with Crippen LogP contribution in [0.2, 0.25) is 0 Å². The normalized spacial score (nSPS) is 9.84. The third kappa shape index (κ3) is 3.15. The van der Waals surface area contributed by atoms with Gasteiger partial charge in [-0.05, 0) is 30.7 Å². The zero-order valence-electron chi connectivity index (χ0n) is 11.1. The van der Waals surface area contributed by atoms with Gasteiger partial charge in [0.1, 0.15) is 18.2 Å². The molecule has 1 aromatic carbocycles.